The minimum Gasteiger partial charge on any atom is -0.448 e. The van der Waals surface area contributed by atoms with E-state index in [1.807, 2.05) is 54.6 Å². The average molecular weight is 428 g/mol. The van der Waals surface area contributed by atoms with Gasteiger partial charge in [0.2, 0.25) is 0 Å². The minimum absolute atomic E-state index is 0.0221. The quantitative estimate of drug-likeness (QED) is 0.309. The predicted octanol–water partition coefficient (Wildman–Crippen LogP) is 4.61. The summed E-state index contributed by atoms with van der Waals surface area (Å²) in [6, 6.07) is 17.5. The van der Waals surface area contributed by atoms with Crippen LogP contribution in [0.5, 0.6) is 0 Å². The number of anilines is 1. The molecule has 154 valence electrons. The fraction of sp³-hybridized carbons (Fsp3) is 0.269. The molecule has 3 aliphatic rings. The maximum atomic E-state index is 13.2. The van der Waals surface area contributed by atoms with Crippen LogP contribution in [0.25, 0.3) is 0 Å². The van der Waals surface area contributed by atoms with Crippen molar-refractivity contribution in [3.05, 3.63) is 72.3 Å². The highest BCUT2D eigenvalue weighted by molar-refractivity contribution is 7.99. The van der Waals surface area contributed by atoms with E-state index in [1.54, 1.807) is 28.8 Å². The second-order valence-electron chi connectivity index (χ2n) is 7.57. The van der Waals surface area contributed by atoms with Crippen molar-refractivity contribution < 1.29 is 14.3 Å². The number of hydrogen-bond donors (Lipinski definition) is 0. The fourth-order valence-corrected chi connectivity index (χ4v) is 5.05. The van der Waals surface area contributed by atoms with Crippen LogP contribution in [0, 0.1) is 29.6 Å². The summed E-state index contributed by atoms with van der Waals surface area (Å²) in [6.07, 6.45) is 2.84. The van der Waals surface area contributed by atoms with Crippen molar-refractivity contribution in [2.75, 3.05) is 17.3 Å². The first-order valence-corrected chi connectivity index (χ1v) is 11.3. The molecule has 5 rings (SSSR count). The molecule has 0 radical (unpaired) electrons. The molecule has 31 heavy (non-hydrogen) atoms. The van der Waals surface area contributed by atoms with E-state index in [-0.39, 0.29) is 12.0 Å². The highest BCUT2D eigenvalue weighted by atomic mass is 32.2. The SMILES string of the molecule is C[C@H]1C#C/C=C\C#C[C@H]2[C@@H]3O[C@@]13c1ccccc1N2C(=O)OCCSc1ccccc1. The van der Waals surface area contributed by atoms with Gasteiger partial charge in [-0.15, -0.1) is 11.8 Å². The summed E-state index contributed by atoms with van der Waals surface area (Å²) in [7, 11) is 0. The first-order chi connectivity index (χ1) is 15.2. The van der Waals surface area contributed by atoms with Crippen LogP contribution in [0.4, 0.5) is 10.5 Å². The van der Waals surface area contributed by atoms with Gasteiger partial charge in [0.05, 0.1) is 11.6 Å². The summed E-state index contributed by atoms with van der Waals surface area (Å²) in [4.78, 5) is 16.0. The van der Waals surface area contributed by atoms with Gasteiger partial charge >= 0.3 is 6.09 Å². The van der Waals surface area contributed by atoms with E-state index in [2.05, 4.69) is 30.6 Å². The van der Waals surface area contributed by atoms with Crippen LogP contribution in [0.1, 0.15) is 12.5 Å². The molecule has 0 N–H and O–H groups in total. The highest BCUT2D eigenvalue weighted by Gasteiger charge is 2.69. The summed E-state index contributed by atoms with van der Waals surface area (Å²) in [5, 5.41) is 0. The van der Waals surface area contributed by atoms with E-state index in [9.17, 15) is 4.79 Å². The zero-order valence-corrected chi connectivity index (χ0v) is 17.9. The number of carbonyl (C=O) groups excluding carboxylic acids is 1. The topological polar surface area (TPSA) is 42.1 Å². The van der Waals surface area contributed by atoms with E-state index in [0.29, 0.717) is 12.4 Å². The number of thioether (sulfide) groups is 1. The Morgan fingerprint density at radius 1 is 1.10 bits per heavy atom. The van der Waals surface area contributed by atoms with E-state index in [4.69, 9.17) is 9.47 Å². The first-order valence-electron chi connectivity index (χ1n) is 10.3. The molecule has 4 atom stereocenters. The van der Waals surface area contributed by atoms with Crippen LogP contribution in [0.3, 0.4) is 0 Å². The monoisotopic (exact) mass is 427 g/mol. The van der Waals surface area contributed by atoms with Gasteiger partial charge in [-0.25, -0.2) is 4.79 Å². The molecular weight excluding hydrogens is 406 g/mol. The Kier molecular flexibility index (Phi) is 5.24. The third kappa shape index (κ3) is 3.51. The molecule has 1 amide bonds. The number of epoxide rings is 1. The summed E-state index contributed by atoms with van der Waals surface area (Å²) >= 11 is 1.66. The van der Waals surface area contributed by atoms with Crippen molar-refractivity contribution in [1.29, 1.82) is 0 Å². The van der Waals surface area contributed by atoms with Crippen LogP contribution < -0.4 is 4.90 Å². The van der Waals surface area contributed by atoms with E-state index in [1.165, 1.54) is 0 Å². The van der Waals surface area contributed by atoms with Crippen molar-refractivity contribution in [3.63, 3.8) is 0 Å². The molecule has 2 bridgehead atoms. The summed E-state index contributed by atoms with van der Waals surface area (Å²) in [5.41, 5.74) is 1.23. The van der Waals surface area contributed by atoms with Crippen molar-refractivity contribution in [1.82, 2.24) is 0 Å². The maximum absolute atomic E-state index is 13.2. The molecule has 0 saturated carbocycles. The van der Waals surface area contributed by atoms with Crippen LogP contribution >= 0.6 is 11.8 Å². The Morgan fingerprint density at radius 2 is 1.84 bits per heavy atom. The lowest BCUT2D eigenvalue weighted by atomic mass is 9.78. The normalized spacial score (nSPS) is 27.9. The third-order valence-corrected chi connectivity index (χ3v) is 6.76. The Balaban J connectivity index is 1.40. The lowest BCUT2D eigenvalue weighted by Crippen LogP contribution is -2.50. The van der Waals surface area contributed by atoms with Crippen molar-refractivity contribution in [2.45, 2.75) is 29.6 Å². The van der Waals surface area contributed by atoms with Gasteiger partial charge in [0.15, 0.2) is 0 Å². The largest absolute Gasteiger partial charge is 0.448 e. The Bertz CT molecular complexity index is 1150. The number of nitrogens with zero attached hydrogens (tertiary/aromatic N) is 1. The Morgan fingerprint density at radius 3 is 2.68 bits per heavy atom. The van der Waals surface area contributed by atoms with Crippen molar-refractivity contribution >= 4 is 23.5 Å². The van der Waals surface area contributed by atoms with E-state index in [0.717, 1.165) is 16.1 Å². The number of carbonyl (C=O) groups is 1. The molecule has 2 aromatic carbocycles. The van der Waals surface area contributed by atoms with Crippen molar-refractivity contribution in [2.24, 2.45) is 5.92 Å². The lowest BCUT2D eigenvalue weighted by molar-refractivity contribution is 0.158. The van der Waals surface area contributed by atoms with Gasteiger partial charge in [-0.1, -0.05) is 60.1 Å². The number of hydrogen-bond acceptors (Lipinski definition) is 4. The van der Waals surface area contributed by atoms with Gasteiger partial charge < -0.3 is 9.47 Å². The molecule has 1 aliphatic carbocycles. The van der Waals surface area contributed by atoms with Crippen LogP contribution in [-0.2, 0) is 15.1 Å². The zero-order chi connectivity index (χ0) is 21.3. The molecule has 1 fully saturated rings. The van der Waals surface area contributed by atoms with Gasteiger partial charge in [0.25, 0.3) is 0 Å². The standard InChI is InChI=1S/C26H21NO3S/c1-19-11-5-2-3-8-16-23-24-26(19,30-24)21-14-9-10-15-22(21)27(23)25(28)29-17-18-31-20-12-6-4-7-13-20/h2-4,6-7,9-10,12-15,19,23-24H,17-18H2,1H3/b3-2-/t19-,23-,24-,26+/m0/s1. The third-order valence-electron chi connectivity index (χ3n) is 5.78. The number of allylic oxidation sites excluding steroid dienone is 2. The van der Waals surface area contributed by atoms with Gasteiger partial charge in [-0.3, -0.25) is 4.90 Å². The molecule has 2 aliphatic heterocycles. The molecule has 4 nitrogen and oxygen atoms in total. The number of benzene rings is 2. The molecule has 5 heteroatoms. The van der Waals surface area contributed by atoms with Gasteiger partial charge in [0, 0.05) is 16.2 Å². The average Bonchev–Trinajstić information content (AvgIpc) is 3.56. The summed E-state index contributed by atoms with van der Waals surface area (Å²) in [6.45, 7) is 2.38. The smallest absolute Gasteiger partial charge is 0.415 e. The van der Waals surface area contributed by atoms with Crippen LogP contribution in [-0.4, -0.2) is 30.6 Å². The van der Waals surface area contributed by atoms with Gasteiger partial charge in [-0.05, 0) is 37.3 Å². The van der Waals surface area contributed by atoms with E-state index < -0.39 is 17.7 Å². The number of amides is 1. The minimum atomic E-state index is -0.534. The summed E-state index contributed by atoms with van der Waals surface area (Å²) in [5.74, 6) is 13.2. The predicted molar refractivity (Wildman–Crippen MR) is 122 cm³/mol. The second-order valence-corrected chi connectivity index (χ2v) is 8.74. The highest BCUT2D eigenvalue weighted by Crippen LogP contribution is 2.60. The number of ether oxygens (including phenoxy) is 2. The second kappa shape index (κ2) is 8.19. The van der Waals surface area contributed by atoms with Gasteiger partial charge in [0.1, 0.15) is 24.4 Å². The van der Waals surface area contributed by atoms with Crippen LogP contribution in [0.15, 0.2) is 71.6 Å². The molecule has 0 unspecified atom stereocenters. The Hall–Kier alpha value is -3.12. The molecule has 2 heterocycles. The molecule has 0 aromatic heterocycles. The van der Waals surface area contributed by atoms with E-state index >= 15 is 0 Å². The fourth-order valence-electron chi connectivity index (χ4n) is 4.30. The summed E-state index contributed by atoms with van der Waals surface area (Å²) < 4.78 is 11.9. The molecule has 0 spiro atoms. The van der Waals surface area contributed by atoms with Crippen LogP contribution in [0.2, 0.25) is 0 Å². The number of fused-ring (bicyclic) bond motifs is 1. The molecular formula is C26H21NO3S. The number of rotatable bonds is 4. The van der Waals surface area contributed by atoms with Gasteiger partial charge in [-0.2, -0.15) is 0 Å². The first kappa shape index (κ1) is 19.8. The number of para-hydroxylation sites is 1. The molecule has 1 saturated heterocycles. The maximum Gasteiger partial charge on any atom is 0.415 e. The molecule has 2 aromatic rings. The lowest BCUT2D eigenvalue weighted by Gasteiger charge is -2.35. The zero-order valence-electron chi connectivity index (χ0n) is 17.1. The van der Waals surface area contributed by atoms with Crippen molar-refractivity contribution in [3.8, 4) is 23.7 Å². The Labute approximate surface area is 186 Å².